The fraction of sp³-hybridized carbons (Fsp3) is 0.286. The summed E-state index contributed by atoms with van der Waals surface area (Å²) in [6.45, 7) is 0. The van der Waals surface area contributed by atoms with Crippen molar-refractivity contribution in [2.75, 3.05) is 11.8 Å². The van der Waals surface area contributed by atoms with Gasteiger partial charge in [-0.1, -0.05) is 43.2 Å². The van der Waals surface area contributed by atoms with E-state index in [9.17, 15) is 8.42 Å². The summed E-state index contributed by atoms with van der Waals surface area (Å²) in [5.41, 5.74) is 1.75. The molecule has 6 nitrogen and oxygen atoms in total. The minimum absolute atomic E-state index is 0.196. The van der Waals surface area contributed by atoms with Crippen LogP contribution in [-0.4, -0.2) is 25.3 Å². The van der Waals surface area contributed by atoms with Gasteiger partial charge in [-0.05, 0) is 37.1 Å². The zero-order valence-electron chi connectivity index (χ0n) is 15.7. The fourth-order valence-corrected chi connectivity index (χ4v) is 4.81. The minimum Gasteiger partial charge on any atom is -0.497 e. The first kappa shape index (κ1) is 18.6. The van der Waals surface area contributed by atoms with Gasteiger partial charge in [-0.15, -0.1) is 0 Å². The Hall–Kier alpha value is -2.80. The molecule has 0 atom stereocenters. The molecule has 0 amide bonds. The minimum atomic E-state index is -3.79. The van der Waals surface area contributed by atoms with Gasteiger partial charge in [-0.3, -0.25) is 9.40 Å². The van der Waals surface area contributed by atoms with E-state index in [4.69, 9.17) is 4.74 Å². The molecule has 146 valence electrons. The number of sulfonamides is 1. The third-order valence-electron chi connectivity index (χ3n) is 5.08. The third-order valence-corrected chi connectivity index (χ3v) is 6.46. The van der Waals surface area contributed by atoms with E-state index >= 15 is 0 Å². The van der Waals surface area contributed by atoms with Crippen molar-refractivity contribution in [3.8, 4) is 17.0 Å². The zero-order valence-corrected chi connectivity index (χ0v) is 16.5. The fourth-order valence-electron chi connectivity index (χ4n) is 3.59. The Morgan fingerprint density at radius 3 is 2.36 bits per heavy atom. The molecule has 0 unspecified atom stereocenters. The SMILES string of the molecule is COc1ccc(NS(=O)(=O)c2cn(C3CCCC3)nc2-c2ccccc2)cc1. The van der Waals surface area contributed by atoms with Gasteiger partial charge in [0.25, 0.3) is 10.0 Å². The molecule has 1 aliphatic carbocycles. The molecular formula is C21H23N3O3S. The maximum Gasteiger partial charge on any atom is 0.265 e. The molecule has 0 bridgehead atoms. The standard InChI is InChI=1S/C21H23N3O3S/c1-27-19-13-11-17(12-14-19)23-28(25,26)20-15-24(18-9-5-6-10-18)22-21(20)16-7-3-2-4-8-16/h2-4,7-8,11-15,18,23H,5-6,9-10H2,1H3. The van der Waals surface area contributed by atoms with Crippen LogP contribution < -0.4 is 9.46 Å². The van der Waals surface area contributed by atoms with Crippen molar-refractivity contribution in [3.05, 3.63) is 60.8 Å². The Morgan fingerprint density at radius 2 is 1.71 bits per heavy atom. The average Bonchev–Trinajstić information content (AvgIpc) is 3.39. The second-order valence-corrected chi connectivity index (χ2v) is 8.61. The maximum absolute atomic E-state index is 13.2. The van der Waals surface area contributed by atoms with Crippen LogP contribution in [0.15, 0.2) is 65.7 Å². The predicted octanol–water partition coefficient (Wildman–Crippen LogP) is 4.47. The lowest BCUT2D eigenvalue weighted by molar-refractivity contribution is 0.415. The number of aromatic nitrogens is 2. The Bertz CT molecular complexity index is 1040. The Kier molecular flexibility index (Phi) is 5.09. The van der Waals surface area contributed by atoms with Crippen molar-refractivity contribution >= 4 is 15.7 Å². The first-order valence-corrected chi connectivity index (χ1v) is 10.9. The van der Waals surface area contributed by atoms with Crippen LogP contribution in [0.5, 0.6) is 5.75 Å². The Balaban J connectivity index is 1.73. The van der Waals surface area contributed by atoms with Crippen LogP contribution in [0.1, 0.15) is 31.7 Å². The van der Waals surface area contributed by atoms with E-state index in [0.29, 0.717) is 17.1 Å². The van der Waals surface area contributed by atoms with Crippen molar-refractivity contribution in [1.29, 1.82) is 0 Å². The molecule has 2 aromatic carbocycles. The van der Waals surface area contributed by atoms with E-state index < -0.39 is 10.0 Å². The predicted molar refractivity (Wildman–Crippen MR) is 109 cm³/mol. The van der Waals surface area contributed by atoms with Crippen LogP contribution >= 0.6 is 0 Å². The molecule has 4 rings (SSSR count). The summed E-state index contributed by atoms with van der Waals surface area (Å²) in [6.07, 6.45) is 6.03. The van der Waals surface area contributed by atoms with Crippen LogP contribution in [0.3, 0.4) is 0 Å². The average molecular weight is 398 g/mol. The molecule has 7 heteroatoms. The van der Waals surface area contributed by atoms with E-state index in [-0.39, 0.29) is 10.9 Å². The van der Waals surface area contributed by atoms with Gasteiger partial charge >= 0.3 is 0 Å². The highest BCUT2D eigenvalue weighted by Crippen LogP contribution is 2.34. The van der Waals surface area contributed by atoms with Gasteiger partial charge in [0.2, 0.25) is 0 Å². The van der Waals surface area contributed by atoms with E-state index in [1.54, 1.807) is 37.6 Å². The van der Waals surface area contributed by atoms with E-state index in [2.05, 4.69) is 9.82 Å². The lowest BCUT2D eigenvalue weighted by Crippen LogP contribution is -2.13. The number of ether oxygens (including phenoxy) is 1. The highest BCUT2D eigenvalue weighted by atomic mass is 32.2. The highest BCUT2D eigenvalue weighted by molar-refractivity contribution is 7.92. The number of methoxy groups -OCH3 is 1. The zero-order chi connectivity index (χ0) is 19.6. The summed E-state index contributed by atoms with van der Waals surface area (Å²) in [5.74, 6) is 0.668. The molecule has 0 radical (unpaired) electrons. The lowest BCUT2D eigenvalue weighted by atomic mass is 10.2. The van der Waals surface area contributed by atoms with Gasteiger partial charge < -0.3 is 4.74 Å². The van der Waals surface area contributed by atoms with Gasteiger partial charge in [0.1, 0.15) is 16.3 Å². The largest absolute Gasteiger partial charge is 0.497 e. The Morgan fingerprint density at radius 1 is 1.04 bits per heavy atom. The van der Waals surface area contributed by atoms with Crippen LogP contribution in [0.2, 0.25) is 0 Å². The maximum atomic E-state index is 13.2. The second-order valence-electron chi connectivity index (χ2n) is 6.96. The van der Waals surface area contributed by atoms with Crippen molar-refractivity contribution in [2.45, 2.75) is 36.6 Å². The summed E-state index contributed by atoms with van der Waals surface area (Å²) in [6, 6.07) is 16.5. The first-order valence-electron chi connectivity index (χ1n) is 9.38. The molecule has 1 N–H and O–H groups in total. The second kappa shape index (κ2) is 7.67. The van der Waals surface area contributed by atoms with Gasteiger partial charge in [-0.2, -0.15) is 5.10 Å². The smallest absolute Gasteiger partial charge is 0.265 e. The van der Waals surface area contributed by atoms with E-state index in [0.717, 1.165) is 31.2 Å². The number of hydrogen-bond donors (Lipinski definition) is 1. The van der Waals surface area contributed by atoms with E-state index in [1.165, 1.54) is 0 Å². The molecule has 28 heavy (non-hydrogen) atoms. The monoisotopic (exact) mass is 397 g/mol. The topological polar surface area (TPSA) is 73.2 Å². The summed E-state index contributed by atoms with van der Waals surface area (Å²) < 4.78 is 36.0. The van der Waals surface area contributed by atoms with Crippen LogP contribution in [-0.2, 0) is 10.0 Å². The van der Waals surface area contributed by atoms with Crippen molar-refractivity contribution < 1.29 is 13.2 Å². The molecule has 1 fully saturated rings. The van der Waals surface area contributed by atoms with Crippen molar-refractivity contribution in [1.82, 2.24) is 9.78 Å². The molecule has 3 aromatic rings. The number of nitrogens with zero attached hydrogens (tertiary/aromatic N) is 2. The lowest BCUT2D eigenvalue weighted by Gasteiger charge is -2.09. The van der Waals surface area contributed by atoms with E-state index in [1.807, 2.05) is 35.0 Å². The molecule has 1 saturated carbocycles. The number of nitrogens with one attached hydrogen (secondary N) is 1. The number of hydrogen-bond acceptors (Lipinski definition) is 4. The number of anilines is 1. The normalized spacial score (nSPS) is 14.9. The van der Waals surface area contributed by atoms with Crippen LogP contribution in [0.25, 0.3) is 11.3 Å². The Labute approximate surface area is 165 Å². The quantitative estimate of drug-likeness (QED) is 0.666. The molecule has 0 aliphatic heterocycles. The molecule has 0 spiro atoms. The van der Waals surface area contributed by atoms with Gasteiger partial charge in [0.05, 0.1) is 13.2 Å². The van der Waals surface area contributed by atoms with Crippen LogP contribution in [0.4, 0.5) is 5.69 Å². The number of benzene rings is 2. The van der Waals surface area contributed by atoms with Gasteiger partial charge in [-0.25, -0.2) is 8.42 Å². The summed E-state index contributed by atoms with van der Waals surface area (Å²) >= 11 is 0. The van der Waals surface area contributed by atoms with Crippen molar-refractivity contribution in [3.63, 3.8) is 0 Å². The third kappa shape index (κ3) is 3.75. The molecule has 1 aliphatic rings. The van der Waals surface area contributed by atoms with Crippen molar-refractivity contribution in [2.24, 2.45) is 0 Å². The summed E-state index contributed by atoms with van der Waals surface area (Å²) in [7, 11) is -2.22. The molecule has 1 aromatic heterocycles. The van der Waals surface area contributed by atoms with Gasteiger partial charge in [0.15, 0.2) is 0 Å². The first-order chi connectivity index (χ1) is 13.6. The molecule has 0 saturated heterocycles. The summed E-state index contributed by atoms with van der Waals surface area (Å²) in [5, 5.41) is 4.68. The molecular weight excluding hydrogens is 374 g/mol. The molecule has 1 heterocycles. The van der Waals surface area contributed by atoms with Crippen LogP contribution in [0, 0.1) is 0 Å². The van der Waals surface area contributed by atoms with Gasteiger partial charge in [0, 0.05) is 17.4 Å². The highest BCUT2D eigenvalue weighted by Gasteiger charge is 2.27. The number of rotatable bonds is 6. The summed E-state index contributed by atoms with van der Waals surface area (Å²) in [4.78, 5) is 0.196.